The lowest BCUT2D eigenvalue weighted by Crippen LogP contribution is -2.16. The third kappa shape index (κ3) is 1.79. The monoisotopic (exact) mass is 249 g/mol. The molecule has 0 aliphatic heterocycles. The molecule has 0 amide bonds. The fourth-order valence-electron chi connectivity index (χ4n) is 2.70. The molecule has 2 aromatic heterocycles. The molecule has 0 radical (unpaired) electrons. The minimum absolute atomic E-state index is 0.720. The second-order valence-electron chi connectivity index (χ2n) is 4.99. The summed E-state index contributed by atoms with van der Waals surface area (Å²) in [5, 5.41) is 5.65. The van der Waals surface area contributed by atoms with E-state index in [0.29, 0.717) is 0 Å². The summed E-state index contributed by atoms with van der Waals surface area (Å²) in [7, 11) is 0. The first-order valence-corrected chi connectivity index (χ1v) is 7.24. The second kappa shape index (κ2) is 4.10. The molecule has 1 N–H and O–H groups in total. The molecule has 17 heavy (non-hydrogen) atoms. The minimum Gasteiger partial charge on any atom is -0.317 e. The number of hydrogen-bond acceptors (Lipinski definition) is 3. The van der Waals surface area contributed by atoms with Gasteiger partial charge in [0.2, 0.25) is 0 Å². The van der Waals surface area contributed by atoms with Crippen LogP contribution >= 0.6 is 11.3 Å². The fraction of sp³-hybridized carbons (Fsp3) is 0.615. The van der Waals surface area contributed by atoms with E-state index in [9.17, 15) is 0 Å². The summed E-state index contributed by atoms with van der Waals surface area (Å²) >= 11 is 1.75. The van der Waals surface area contributed by atoms with Gasteiger partial charge in [0, 0.05) is 22.7 Å². The SMILES string of the molecule is CCNCC1CC1c1c(C)nc2scc(C)n12. The fourth-order valence-corrected chi connectivity index (χ4v) is 3.62. The molecule has 3 rings (SSSR count). The van der Waals surface area contributed by atoms with Crippen molar-refractivity contribution in [2.75, 3.05) is 13.1 Å². The summed E-state index contributed by atoms with van der Waals surface area (Å²) in [4.78, 5) is 5.83. The number of rotatable bonds is 4. The average Bonchev–Trinajstić information content (AvgIpc) is 2.87. The number of aromatic nitrogens is 2. The van der Waals surface area contributed by atoms with Gasteiger partial charge in [-0.3, -0.25) is 4.40 Å². The quantitative estimate of drug-likeness (QED) is 0.903. The molecule has 92 valence electrons. The van der Waals surface area contributed by atoms with Crippen LogP contribution in [0, 0.1) is 19.8 Å². The Morgan fingerprint density at radius 3 is 3.12 bits per heavy atom. The number of fused-ring (bicyclic) bond motifs is 1. The maximum atomic E-state index is 4.67. The van der Waals surface area contributed by atoms with Crippen LogP contribution in [0.2, 0.25) is 0 Å². The third-order valence-electron chi connectivity index (χ3n) is 3.68. The molecule has 0 spiro atoms. The van der Waals surface area contributed by atoms with E-state index in [0.717, 1.165) is 29.9 Å². The Kier molecular flexibility index (Phi) is 2.71. The van der Waals surface area contributed by atoms with Gasteiger partial charge in [-0.1, -0.05) is 6.92 Å². The van der Waals surface area contributed by atoms with E-state index in [2.05, 4.69) is 40.9 Å². The van der Waals surface area contributed by atoms with Crippen LogP contribution < -0.4 is 5.32 Å². The molecule has 1 aliphatic carbocycles. The van der Waals surface area contributed by atoms with E-state index >= 15 is 0 Å². The van der Waals surface area contributed by atoms with E-state index in [1.807, 2.05) is 0 Å². The van der Waals surface area contributed by atoms with Crippen molar-refractivity contribution in [3.63, 3.8) is 0 Å². The van der Waals surface area contributed by atoms with Gasteiger partial charge in [0.25, 0.3) is 0 Å². The highest BCUT2D eigenvalue weighted by atomic mass is 32.1. The normalized spacial score (nSPS) is 23.5. The number of imidazole rings is 1. The molecular formula is C13H19N3S. The molecule has 1 fully saturated rings. The van der Waals surface area contributed by atoms with E-state index in [-0.39, 0.29) is 0 Å². The van der Waals surface area contributed by atoms with Crippen LogP contribution in [0.4, 0.5) is 0 Å². The van der Waals surface area contributed by atoms with Crippen LogP contribution in [-0.4, -0.2) is 22.5 Å². The van der Waals surface area contributed by atoms with Gasteiger partial charge >= 0.3 is 0 Å². The van der Waals surface area contributed by atoms with E-state index in [4.69, 9.17) is 0 Å². The van der Waals surface area contributed by atoms with Crippen LogP contribution in [-0.2, 0) is 0 Å². The van der Waals surface area contributed by atoms with Crippen molar-refractivity contribution in [1.82, 2.24) is 14.7 Å². The third-order valence-corrected chi connectivity index (χ3v) is 4.63. The Labute approximate surface area is 106 Å². The molecule has 2 unspecified atom stereocenters. The molecule has 2 aromatic rings. The molecular weight excluding hydrogens is 230 g/mol. The summed E-state index contributed by atoms with van der Waals surface area (Å²) in [5.41, 5.74) is 4.01. The van der Waals surface area contributed by atoms with Crippen molar-refractivity contribution in [2.24, 2.45) is 5.92 Å². The van der Waals surface area contributed by atoms with E-state index in [1.54, 1.807) is 11.3 Å². The zero-order valence-corrected chi connectivity index (χ0v) is 11.5. The molecule has 4 heteroatoms. The Hall–Kier alpha value is -0.870. The standard InChI is InChI=1S/C13H19N3S/c1-4-14-6-10-5-11(10)12-9(3)15-13-16(12)8(2)7-17-13/h7,10-11,14H,4-6H2,1-3H3. The van der Waals surface area contributed by atoms with Crippen molar-refractivity contribution in [3.8, 4) is 0 Å². The van der Waals surface area contributed by atoms with Crippen LogP contribution in [0.15, 0.2) is 5.38 Å². The zero-order valence-electron chi connectivity index (χ0n) is 10.7. The molecule has 2 atom stereocenters. The van der Waals surface area contributed by atoms with Gasteiger partial charge in [0.05, 0.1) is 5.69 Å². The van der Waals surface area contributed by atoms with Crippen molar-refractivity contribution >= 4 is 16.3 Å². The lowest BCUT2D eigenvalue weighted by atomic mass is 10.2. The number of hydrogen-bond donors (Lipinski definition) is 1. The van der Waals surface area contributed by atoms with Crippen LogP contribution in [0.3, 0.4) is 0 Å². The summed E-state index contributed by atoms with van der Waals surface area (Å²) in [6, 6.07) is 0. The highest BCUT2D eigenvalue weighted by molar-refractivity contribution is 7.15. The predicted octanol–water partition coefficient (Wildman–Crippen LogP) is 2.73. The van der Waals surface area contributed by atoms with Gasteiger partial charge < -0.3 is 5.32 Å². The summed E-state index contributed by atoms with van der Waals surface area (Å²) in [6.07, 6.45) is 1.32. The lowest BCUT2D eigenvalue weighted by Gasteiger charge is -2.03. The molecule has 0 aromatic carbocycles. The van der Waals surface area contributed by atoms with E-state index in [1.165, 1.54) is 23.5 Å². The first kappa shape index (κ1) is 11.2. The maximum absolute atomic E-state index is 4.67. The Balaban J connectivity index is 1.90. The zero-order chi connectivity index (χ0) is 12.0. The highest BCUT2D eigenvalue weighted by Gasteiger charge is 2.41. The van der Waals surface area contributed by atoms with Crippen LogP contribution in [0.25, 0.3) is 4.96 Å². The lowest BCUT2D eigenvalue weighted by molar-refractivity contribution is 0.644. The molecule has 0 saturated heterocycles. The average molecular weight is 249 g/mol. The Morgan fingerprint density at radius 2 is 2.35 bits per heavy atom. The van der Waals surface area contributed by atoms with Crippen LogP contribution in [0.1, 0.15) is 36.3 Å². The van der Waals surface area contributed by atoms with Gasteiger partial charge in [0.1, 0.15) is 0 Å². The van der Waals surface area contributed by atoms with Gasteiger partial charge in [0.15, 0.2) is 4.96 Å². The van der Waals surface area contributed by atoms with Gasteiger partial charge in [-0.2, -0.15) is 0 Å². The number of nitrogens with zero attached hydrogens (tertiary/aromatic N) is 2. The van der Waals surface area contributed by atoms with Crippen molar-refractivity contribution < 1.29 is 0 Å². The van der Waals surface area contributed by atoms with Gasteiger partial charge in [-0.05, 0) is 39.3 Å². The van der Waals surface area contributed by atoms with Crippen molar-refractivity contribution in [1.29, 1.82) is 0 Å². The Morgan fingerprint density at radius 1 is 1.53 bits per heavy atom. The summed E-state index contributed by atoms with van der Waals surface area (Å²) in [6.45, 7) is 8.72. The first-order valence-electron chi connectivity index (χ1n) is 6.36. The predicted molar refractivity (Wildman–Crippen MR) is 71.9 cm³/mol. The van der Waals surface area contributed by atoms with Crippen molar-refractivity contribution in [3.05, 3.63) is 22.5 Å². The first-order chi connectivity index (χ1) is 8.22. The number of nitrogens with one attached hydrogen (secondary N) is 1. The van der Waals surface area contributed by atoms with Gasteiger partial charge in [-0.15, -0.1) is 11.3 Å². The number of thiazole rings is 1. The largest absolute Gasteiger partial charge is 0.317 e. The molecule has 2 heterocycles. The molecule has 1 saturated carbocycles. The second-order valence-corrected chi connectivity index (χ2v) is 5.82. The molecule has 3 nitrogen and oxygen atoms in total. The van der Waals surface area contributed by atoms with Crippen LogP contribution in [0.5, 0.6) is 0 Å². The number of aryl methyl sites for hydroxylation is 2. The van der Waals surface area contributed by atoms with E-state index < -0.39 is 0 Å². The molecule has 0 bridgehead atoms. The highest BCUT2D eigenvalue weighted by Crippen LogP contribution is 2.48. The Bertz CT molecular complexity index is 540. The minimum atomic E-state index is 0.720. The van der Waals surface area contributed by atoms with Gasteiger partial charge in [-0.25, -0.2) is 4.98 Å². The smallest absolute Gasteiger partial charge is 0.194 e. The summed E-state index contributed by atoms with van der Waals surface area (Å²) in [5.74, 6) is 1.53. The maximum Gasteiger partial charge on any atom is 0.194 e. The molecule has 1 aliphatic rings. The van der Waals surface area contributed by atoms with Crippen molar-refractivity contribution in [2.45, 2.75) is 33.1 Å². The summed E-state index contributed by atoms with van der Waals surface area (Å²) < 4.78 is 2.36. The topological polar surface area (TPSA) is 29.3 Å².